The van der Waals surface area contributed by atoms with E-state index in [9.17, 15) is 9.59 Å². The van der Waals surface area contributed by atoms with Gasteiger partial charge in [-0.1, -0.05) is 54.1 Å². The maximum atomic E-state index is 12.6. The summed E-state index contributed by atoms with van der Waals surface area (Å²) in [5, 5.41) is 7.57. The van der Waals surface area contributed by atoms with E-state index < -0.39 is 24.5 Å². The van der Waals surface area contributed by atoms with E-state index in [2.05, 4.69) is 20.4 Å². The van der Waals surface area contributed by atoms with E-state index >= 15 is 0 Å². The minimum absolute atomic E-state index is 0.160. The molecule has 1 atom stereocenters. The second-order valence-electron chi connectivity index (χ2n) is 6.77. The highest BCUT2D eigenvalue weighted by Gasteiger charge is 2.20. The van der Waals surface area contributed by atoms with Gasteiger partial charge in [0.1, 0.15) is 0 Å². The normalized spacial score (nSPS) is 11.8. The van der Waals surface area contributed by atoms with Crippen molar-refractivity contribution < 1.29 is 14.3 Å². The minimum Gasteiger partial charge on any atom is -0.450 e. The molecular weight excluding hydrogens is 418 g/mol. The standard InChI is InChI=1S/C22H18ClN5O3/c1-14-11-12-24-22-26-20(27-28(14)22)21(30)31-13-18(29)25-19(15-5-3-2-4-6-15)16-7-9-17(23)10-8-16/h2-12,19H,13H2,1H3,(H,25,29). The summed E-state index contributed by atoms with van der Waals surface area (Å²) in [5.74, 6) is -1.15. The van der Waals surface area contributed by atoms with Gasteiger partial charge in [0, 0.05) is 16.9 Å². The molecule has 2 heterocycles. The largest absolute Gasteiger partial charge is 0.450 e. The highest BCUT2D eigenvalue weighted by atomic mass is 35.5. The molecule has 1 amide bonds. The van der Waals surface area contributed by atoms with Gasteiger partial charge in [0.15, 0.2) is 6.61 Å². The molecule has 4 rings (SSSR count). The van der Waals surface area contributed by atoms with Crippen LogP contribution in [0, 0.1) is 6.92 Å². The number of nitrogens with one attached hydrogen (secondary N) is 1. The van der Waals surface area contributed by atoms with Crippen molar-refractivity contribution in [1.29, 1.82) is 0 Å². The number of benzene rings is 2. The molecule has 0 spiro atoms. The van der Waals surface area contributed by atoms with Crippen LogP contribution in [0.2, 0.25) is 5.02 Å². The summed E-state index contributed by atoms with van der Waals surface area (Å²) in [6.45, 7) is 1.34. The summed E-state index contributed by atoms with van der Waals surface area (Å²) < 4.78 is 6.55. The van der Waals surface area contributed by atoms with Crippen molar-refractivity contribution in [2.24, 2.45) is 0 Å². The summed E-state index contributed by atoms with van der Waals surface area (Å²) in [6.07, 6.45) is 1.57. The molecule has 0 aliphatic rings. The van der Waals surface area contributed by atoms with Crippen LogP contribution in [-0.2, 0) is 9.53 Å². The predicted octanol–water partition coefficient (Wildman–Crippen LogP) is 3.15. The number of halogens is 1. The third-order valence-corrected chi connectivity index (χ3v) is 4.84. The zero-order valence-corrected chi connectivity index (χ0v) is 17.3. The van der Waals surface area contributed by atoms with Crippen molar-refractivity contribution in [1.82, 2.24) is 24.9 Å². The Hall–Kier alpha value is -3.78. The Bertz CT molecular complexity index is 1230. The highest BCUT2D eigenvalue weighted by molar-refractivity contribution is 6.30. The second-order valence-corrected chi connectivity index (χ2v) is 7.21. The first kappa shape index (κ1) is 20.5. The van der Waals surface area contributed by atoms with Crippen LogP contribution in [0.15, 0.2) is 66.9 Å². The summed E-state index contributed by atoms with van der Waals surface area (Å²) in [4.78, 5) is 33.0. The maximum Gasteiger partial charge on any atom is 0.378 e. The molecule has 156 valence electrons. The molecule has 2 aromatic heterocycles. The molecule has 31 heavy (non-hydrogen) atoms. The van der Waals surface area contributed by atoms with Gasteiger partial charge in [-0.15, -0.1) is 5.10 Å². The SMILES string of the molecule is Cc1ccnc2nc(C(=O)OCC(=O)NC(c3ccccc3)c3ccc(Cl)cc3)nn12. The van der Waals surface area contributed by atoms with Crippen LogP contribution >= 0.6 is 11.6 Å². The fraction of sp³-hybridized carbons (Fsp3) is 0.136. The van der Waals surface area contributed by atoms with Crippen molar-refractivity contribution in [3.8, 4) is 0 Å². The molecule has 0 aliphatic heterocycles. The van der Waals surface area contributed by atoms with E-state index in [1.165, 1.54) is 4.52 Å². The summed E-state index contributed by atoms with van der Waals surface area (Å²) in [7, 11) is 0. The van der Waals surface area contributed by atoms with Gasteiger partial charge in [-0.2, -0.15) is 4.98 Å². The van der Waals surface area contributed by atoms with Gasteiger partial charge >= 0.3 is 5.97 Å². The van der Waals surface area contributed by atoms with Crippen LogP contribution < -0.4 is 5.32 Å². The van der Waals surface area contributed by atoms with Crippen molar-refractivity contribution in [2.75, 3.05) is 6.61 Å². The molecule has 0 aliphatic carbocycles. The van der Waals surface area contributed by atoms with Gasteiger partial charge in [0.25, 0.3) is 17.5 Å². The van der Waals surface area contributed by atoms with Crippen molar-refractivity contribution in [2.45, 2.75) is 13.0 Å². The number of amides is 1. The van der Waals surface area contributed by atoms with Crippen LogP contribution in [0.1, 0.15) is 33.5 Å². The van der Waals surface area contributed by atoms with Crippen LogP contribution in [0.5, 0.6) is 0 Å². The Kier molecular flexibility index (Phi) is 5.90. The molecule has 1 N–H and O–H groups in total. The average Bonchev–Trinajstić information content (AvgIpc) is 3.23. The minimum atomic E-state index is -0.803. The molecule has 0 radical (unpaired) electrons. The Labute approximate surface area is 182 Å². The van der Waals surface area contributed by atoms with Crippen LogP contribution in [0.4, 0.5) is 0 Å². The topological polar surface area (TPSA) is 98.5 Å². The summed E-state index contributed by atoms with van der Waals surface area (Å²) in [5.41, 5.74) is 2.50. The molecule has 9 heteroatoms. The summed E-state index contributed by atoms with van der Waals surface area (Å²) in [6, 6.07) is 18.0. The van der Waals surface area contributed by atoms with Gasteiger partial charge in [0.05, 0.1) is 6.04 Å². The van der Waals surface area contributed by atoms with E-state index in [4.69, 9.17) is 16.3 Å². The Morgan fingerprint density at radius 3 is 2.48 bits per heavy atom. The van der Waals surface area contributed by atoms with Crippen LogP contribution in [0.3, 0.4) is 0 Å². The van der Waals surface area contributed by atoms with E-state index in [1.807, 2.05) is 49.4 Å². The number of carbonyl (C=O) groups is 2. The Balaban J connectivity index is 1.45. The lowest BCUT2D eigenvalue weighted by Crippen LogP contribution is -2.33. The van der Waals surface area contributed by atoms with Gasteiger partial charge in [-0.25, -0.2) is 14.3 Å². The number of ether oxygens (including phenoxy) is 1. The number of fused-ring (bicyclic) bond motifs is 1. The molecular formula is C22H18ClN5O3. The summed E-state index contributed by atoms with van der Waals surface area (Å²) >= 11 is 5.99. The lowest BCUT2D eigenvalue weighted by atomic mass is 9.99. The number of carbonyl (C=O) groups excluding carboxylic acids is 2. The number of esters is 1. The zero-order valence-electron chi connectivity index (χ0n) is 16.5. The van der Waals surface area contributed by atoms with Gasteiger partial charge in [0.2, 0.25) is 0 Å². The fourth-order valence-corrected chi connectivity index (χ4v) is 3.18. The van der Waals surface area contributed by atoms with Crippen molar-refractivity contribution >= 4 is 29.3 Å². The number of aromatic nitrogens is 4. The first-order valence-electron chi connectivity index (χ1n) is 9.46. The van der Waals surface area contributed by atoms with E-state index in [0.717, 1.165) is 16.8 Å². The molecule has 0 saturated heterocycles. The number of hydrogen-bond acceptors (Lipinski definition) is 6. The van der Waals surface area contributed by atoms with Gasteiger partial charge < -0.3 is 10.1 Å². The van der Waals surface area contributed by atoms with Gasteiger partial charge in [-0.05, 0) is 36.2 Å². The number of hydrogen-bond donors (Lipinski definition) is 1. The zero-order chi connectivity index (χ0) is 21.8. The smallest absolute Gasteiger partial charge is 0.378 e. The quantitative estimate of drug-likeness (QED) is 0.467. The van der Waals surface area contributed by atoms with Crippen molar-refractivity contribution in [3.05, 3.63) is 94.5 Å². The Morgan fingerprint density at radius 2 is 1.77 bits per heavy atom. The molecule has 2 aromatic carbocycles. The molecule has 0 bridgehead atoms. The first-order chi connectivity index (χ1) is 15.0. The molecule has 0 fully saturated rings. The second kappa shape index (κ2) is 8.93. The maximum absolute atomic E-state index is 12.6. The third kappa shape index (κ3) is 4.70. The lowest BCUT2D eigenvalue weighted by molar-refractivity contribution is -0.124. The average molecular weight is 436 g/mol. The number of rotatable bonds is 6. The van der Waals surface area contributed by atoms with E-state index in [-0.39, 0.29) is 11.6 Å². The molecule has 4 aromatic rings. The lowest BCUT2D eigenvalue weighted by Gasteiger charge is -2.20. The Morgan fingerprint density at radius 1 is 1.06 bits per heavy atom. The van der Waals surface area contributed by atoms with Gasteiger partial charge in [-0.3, -0.25) is 4.79 Å². The van der Waals surface area contributed by atoms with E-state index in [1.54, 1.807) is 24.4 Å². The molecule has 1 unspecified atom stereocenters. The molecule has 0 saturated carbocycles. The highest BCUT2D eigenvalue weighted by Crippen LogP contribution is 2.23. The number of nitrogens with zero attached hydrogens (tertiary/aromatic N) is 4. The number of aryl methyl sites for hydroxylation is 1. The van der Waals surface area contributed by atoms with E-state index in [0.29, 0.717) is 5.02 Å². The first-order valence-corrected chi connectivity index (χ1v) is 9.84. The van der Waals surface area contributed by atoms with Crippen molar-refractivity contribution in [3.63, 3.8) is 0 Å². The third-order valence-electron chi connectivity index (χ3n) is 4.59. The monoisotopic (exact) mass is 435 g/mol. The van der Waals surface area contributed by atoms with Crippen LogP contribution in [-0.4, -0.2) is 38.1 Å². The van der Waals surface area contributed by atoms with Crippen LogP contribution in [0.25, 0.3) is 5.78 Å². The predicted molar refractivity (Wildman–Crippen MR) is 114 cm³/mol. The fourth-order valence-electron chi connectivity index (χ4n) is 3.05. The molecule has 8 nitrogen and oxygen atoms in total.